The van der Waals surface area contributed by atoms with Crippen molar-refractivity contribution in [1.82, 2.24) is 4.90 Å². The number of nitrogens with two attached hydrogens (primary N) is 2. The first-order valence-electron chi connectivity index (χ1n) is 6.49. The van der Waals surface area contributed by atoms with Crippen LogP contribution < -0.4 is 11.5 Å². The summed E-state index contributed by atoms with van der Waals surface area (Å²) >= 11 is 0. The van der Waals surface area contributed by atoms with E-state index in [-0.39, 0.29) is 12.5 Å². The average molecular weight is 255 g/mol. The van der Waals surface area contributed by atoms with Crippen molar-refractivity contribution < 1.29 is 14.3 Å². The van der Waals surface area contributed by atoms with Crippen LogP contribution in [0.4, 0.5) is 0 Å². The molecule has 2 fully saturated rings. The molecule has 0 aromatic carbocycles. The highest BCUT2D eigenvalue weighted by Gasteiger charge is 2.45. The van der Waals surface area contributed by atoms with E-state index in [0.29, 0.717) is 19.7 Å². The van der Waals surface area contributed by atoms with E-state index < -0.39 is 17.4 Å². The summed E-state index contributed by atoms with van der Waals surface area (Å²) in [5.41, 5.74) is 10.7. The molecule has 6 heteroatoms. The van der Waals surface area contributed by atoms with Gasteiger partial charge in [-0.2, -0.15) is 0 Å². The summed E-state index contributed by atoms with van der Waals surface area (Å²) in [6.45, 7) is 1.42. The number of carbonyl (C=O) groups is 2. The van der Waals surface area contributed by atoms with Gasteiger partial charge >= 0.3 is 0 Å². The van der Waals surface area contributed by atoms with Crippen molar-refractivity contribution in [2.24, 2.45) is 16.9 Å². The smallest absolute Gasteiger partial charge is 0.242 e. The summed E-state index contributed by atoms with van der Waals surface area (Å²) in [5.74, 6) is -0.525. The Balaban J connectivity index is 2.17. The van der Waals surface area contributed by atoms with Crippen LogP contribution in [0.5, 0.6) is 0 Å². The molecule has 1 saturated heterocycles. The number of primary amides is 1. The van der Waals surface area contributed by atoms with Crippen molar-refractivity contribution >= 4 is 11.8 Å². The monoisotopic (exact) mass is 255 g/mol. The Morgan fingerprint density at radius 3 is 2.56 bits per heavy atom. The Morgan fingerprint density at radius 2 is 2.00 bits per heavy atom. The SMILES string of the molecule is NCC1(C(=O)N2CCOCC2C(N)=O)CCCC1. The molecule has 0 spiro atoms. The minimum atomic E-state index is -0.643. The third-order valence-electron chi connectivity index (χ3n) is 4.12. The van der Waals surface area contributed by atoms with Crippen LogP contribution in [0.1, 0.15) is 25.7 Å². The average Bonchev–Trinajstić information content (AvgIpc) is 2.87. The van der Waals surface area contributed by atoms with Gasteiger partial charge in [0.1, 0.15) is 6.04 Å². The first kappa shape index (κ1) is 13.3. The molecule has 0 radical (unpaired) electrons. The van der Waals surface area contributed by atoms with Gasteiger partial charge in [0.25, 0.3) is 0 Å². The number of ether oxygens (including phenoxy) is 1. The van der Waals surface area contributed by atoms with E-state index in [1.165, 1.54) is 0 Å². The van der Waals surface area contributed by atoms with Crippen LogP contribution in [-0.4, -0.2) is 49.1 Å². The lowest BCUT2D eigenvalue weighted by Crippen LogP contribution is -2.59. The van der Waals surface area contributed by atoms with Gasteiger partial charge in [0.05, 0.1) is 18.6 Å². The molecule has 1 unspecified atom stereocenters. The molecule has 2 rings (SSSR count). The van der Waals surface area contributed by atoms with Crippen LogP contribution in [0.3, 0.4) is 0 Å². The summed E-state index contributed by atoms with van der Waals surface area (Å²) in [7, 11) is 0. The maximum Gasteiger partial charge on any atom is 0.242 e. The Kier molecular flexibility index (Phi) is 3.87. The minimum Gasteiger partial charge on any atom is -0.377 e. The number of hydrogen-bond donors (Lipinski definition) is 2. The van der Waals surface area contributed by atoms with Gasteiger partial charge in [-0.3, -0.25) is 9.59 Å². The zero-order chi connectivity index (χ0) is 13.2. The molecule has 2 aliphatic rings. The van der Waals surface area contributed by atoms with Gasteiger partial charge in [0, 0.05) is 13.1 Å². The van der Waals surface area contributed by atoms with Crippen molar-refractivity contribution in [1.29, 1.82) is 0 Å². The molecule has 2 amide bonds. The fourth-order valence-corrected chi connectivity index (χ4v) is 2.94. The van der Waals surface area contributed by atoms with E-state index in [2.05, 4.69) is 0 Å². The predicted octanol–water partition coefficient (Wildman–Crippen LogP) is -0.782. The van der Waals surface area contributed by atoms with E-state index in [9.17, 15) is 9.59 Å². The van der Waals surface area contributed by atoms with Crippen LogP contribution in [0.15, 0.2) is 0 Å². The van der Waals surface area contributed by atoms with Gasteiger partial charge in [-0.1, -0.05) is 12.8 Å². The van der Waals surface area contributed by atoms with Gasteiger partial charge in [0.2, 0.25) is 11.8 Å². The number of rotatable bonds is 3. The topological polar surface area (TPSA) is 98.7 Å². The van der Waals surface area contributed by atoms with Crippen molar-refractivity contribution in [2.45, 2.75) is 31.7 Å². The normalized spacial score (nSPS) is 27.2. The molecule has 6 nitrogen and oxygen atoms in total. The van der Waals surface area contributed by atoms with Gasteiger partial charge < -0.3 is 21.1 Å². The lowest BCUT2D eigenvalue weighted by molar-refractivity contribution is -0.155. The minimum absolute atomic E-state index is 0.0189. The molecule has 102 valence electrons. The fraction of sp³-hybridized carbons (Fsp3) is 0.833. The molecule has 1 aliphatic carbocycles. The first-order valence-corrected chi connectivity index (χ1v) is 6.49. The van der Waals surface area contributed by atoms with Crippen LogP contribution in [0.2, 0.25) is 0 Å². The molecule has 1 heterocycles. The first-order chi connectivity index (χ1) is 8.60. The second-order valence-electron chi connectivity index (χ2n) is 5.18. The second-order valence-corrected chi connectivity index (χ2v) is 5.18. The maximum absolute atomic E-state index is 12.7. The van der Waals surface area contributed by atoms with Crippen molar-refractivity contribution in [3.63, 3.8) is 0 Å². The summed E-state index contributed by atoms with van der Waals surface area (Å²) in [6.07, 6.45) is 3.67. The van der Waals surface area contributed by atoms with Gasteiger partial charge in [-0.05, 0) is 12.8 Å². The maximum atomic E-state index is 12.7. The lowest BCUT2D eigenvalue weighted by atomic mass is 9.84. The highest BCUT2D eigenvalue weighted by atomic mass is 16.5. The molecule has 0 aromatic heterocycles. The third kappa shape index (κ3) is 2.22. The van der Waals surface area contributed by atoms with Crippen LogP contribution in [-0.2, 0) is 14.3 Å². The molecule has 18 heavy (non-hydrogen) atoms. The lowest BCUT2D eigenvalue weighted by Gasteiger charge is -2.39. The van der Waals surface area contributed by atoms with E-state index in [1.807, 2.05) is 0 Å². The Labute approximate surface area is 107 Å². The molecule has 1 aliphatic heterocycles. The summed E-state index contributed by atoms with van der Waals surface area (Å²) in [4.78, 5) is 25.6. The number of amides is 2. The van der Waals surface area contributed by atoms with Crippen LogP contribution in [0.25, 0.3) is 0 Å². The number of morpholine rings is 1. The van der Waals surface area contributed by atoms with Gasteiger partial charge in [-0.15, -0.1) is 0 Å². The van der Waals surface area contributed by atoms with Crippen molar-refractivity contribution in [3.05, 3.63) is 0 Å². The van der Waals surface area contributed by atoms with E-state index in [1.54, 1.807) is 4.90 Å². The molecule has 0 aromatic rings. The summed E-state index contributed by atoms with van der Waals surface area (Å²) in [6, 6.07) is -0.643. The highest BCUT2D eigenvalue weighted by Crippen LogP contribution is 2.39. The molecule has 1 atom stereocenters. The van der Waals surface area contributed by atoms with E-state index in [4.69, 9.17) is 16.2 Å². The number of hydrogen-bond acceptors (Lipinski definition) is 4. The largest absolute Gasteiger partial charge is 0.377 e. The quantitative estimate of drug-likeness (QED) is 0.691. The number of nitrogens with zero attached hydrogens (tertiary/aromatic N) is 1. The molecular weight excluding hydrogens is 234 g/mol. The predicted molar refractivity (Wildman–Crippen MR) is 65.5 cm³/mol. The Bertz CT molecular complexity index is 339. The third-order valence-corrected chi connectivity index (χ3v) is 4.12. The molecule has 1 saturated carbocycles. The molecule has 0 bridgehead atoms. The fourth-order valence-electron chi connectivity index (χ4n) is 2.94. The van der Waals surface area contributed by atoms with Crippen LogP contribution in [0, 0.1) is 5.41 Å². The second kappa shape index (κ2) is 5.24. The number of carbonyl (C=O) groups excluding carboxylic acids is 2. The summed E-state index contributed by atoms with van der Waals surface area (Å²) in [5, 5.41) is 0. The summed E-state index contributed by atoms with van der Waals surface area (Å²) < 4.78 is 5.23. The van der Waals surface area contributed by atoms with Crippen molar-refractivity contribution in [3.8, 4) is 0 Å². The van der Waals surface area contributed by atoms with Crippen molar-refractivity contribution in [2.75, 3.05) is 26.3 Å². The zero-order valence-electron chi connectivity index (χ0n) is 10.6. The highest BCUT2D eigenvalue weighted by molar-refractivity contribution is 5.90. The Hall–Kier alpha value is -1.14. The van der Waals surface area contributed by atoms with E-state index in [0.717, 1.165) is 25.7 Å². The Morgan fingerprint density at radius 1 is 1.33 bits per heavy atom. The molecular formula is C12H21N3O3. The molecule has 4 N–H and O–H groups in total. The van der Waals surface area contributed by atoms with E-state index >= 15 is 0 Å². The van der Waals surface area contributed by atoms with Gasteiger partial charge in [-0.25, -0.2) is 0 Å². The van der Waals surface area contributed by atoms with Crippen LogP contribution >= 0.6 is 0 Å². The zero-order valence-corrected chi connectivity index (χ0v) is 10.6. The standard InChI is InChI=1S/C12H21N3O3/c13-8-12(3-1-2-4-12)11(17)15-5-6-18-7-9(15)10(14)16/h9H,1-8,13H2,(H2,14,16). The van der Waals surface area contributed by atoms with Gasteiger partial charge in [0.15, 0.2) is 0 Å².